The fourth-order valence-electron chi connectivity index (χ4n) is 1.66. The van der Waals surface area contributed by atoms with E-state index in [0.717, 1.165) is 11.1 Å². The summed E-state index contributed by atoms with van der Waals surface area (Å²) in [5.74, 6) is 0.180. The highest BCUT2D eigenvalue weighted by atomic mass is 19.1. The van der Waals surface area contributed by atoms with Gasteiger partial charge in [-0.15, -0.1) is 0 Å². The van der Waals surface area contributed by atoms with Crippen molar-refractivity contribution in [2.24, 2.45) is 0 Å². The quantitative estimate of drug-likeness (QED) is 0.650. The predicted octanol–water partition coefficient (Wildman–Crippen LogP) is 3.22. The van der Waals surface area contributed by atoms with E-state index in [0.29, 0.717) is 17.2 Å². The molecular weight excluding hydrogens is 219 g/mol. The molecule has 0 aliphatic rings. The van der Waals surface area contributed by atoms with Crippen LogP contribution in [-0.4, -0.2) is 4.98 Å². The molecule has 0 saturated carbocycles. The summed E-state index contributed by atoms with van der Waals surface area (Å²) >= 11 is 0. The van der Waals surface area contributed by atoms with E-state index in [9.17, 15) is 4.39 Å². The van der Waals surface area contributed by atoms with Gasteiger partial charge in [0.25, 0.3) is 0 Å². The monoisotopic (exact) mass is 228 g/mol. The van der Waals surface area contributed by atoms with Crippen molar-refractivity contribution in [2.75, 3.05) is 5.73 Å². The number of hydrogen-bond donors (Lipinski definition) is 1. The van der Waals surface area contributed by atoms with Crippen molar-refractivity contribution < 1.29 is 8.81 Å². The Balaban J connectivity index is 2.14. The molecule has 1 aromatic heterocycles. The molecule has 0 radical (unpaired) electrons. The highest BCUT2D eigenvalue weighted by Gasteiger charge is 2.08. The van der Waals surface area contributed by atoms with Gasteiger partial charge in [-0.2, -0.15) is 0 Å². The van der Waals surface area contributed by atoms with Gasteiger partial charge in [-0.25, -0.2) is 9.37 Å². The van der Waals surface area contributed by atoms with E-state index in [1.54, 1.807) is 30.3 Å². The van der Waals surface area contributed by atoms with Gasteiger partial charge >= 0.3 is 0 Å². The minimum absolute atomic E-state index is 0.283. The maximum Gasteiger partial charge on any atom is 0.227 e. The van der Waals surface area contributed by atoms with Crippen LogP contribution in [0.15, 0.2) is 46.9 Å². The molecule has 0 unspecified atom stereocenters. The average Bonchev–Trinajstić information content (AvgIpc) is 2.72. The van der Waals surface area contributed by atoms with E-state index < -0.39 is 0 Å². The summed E-state index contributed by atoms with van der Waals surface area (Å²) in [6.07, 6.45) is 0. The second kappa shape index (κ2) is 3.59. The van der Waals surface area contributed by atoms with Crippen LogP contribution in [0.4, 0.5) is 10.1 Å². The first-order chi connectivity index (χ1) is 8.22. The first kappa shape index (κ1) is 9.84. The second-order valence-electron chi connectivity index (χ2n) is 3.75. The summed E-state index contributed by atoms with van der Waals surface area (Å²) in [5.41, 5.74) is 8.38. The van der Waals surface area contributed by atoms with Crippen molar-refractivity contribution in [1.29, 1.82) is 0 Å². The van der Waals surface area contributed by atoms with Crippen molar-refractivity contribution in [2.45, 2.75) is 0 Å². The molecule has 0 aliphatic carbocycles. The van der Waals surface area contributed by atoms with Crippen LogP contribution < -0.4 is 5.73 Å². The molecular formula is C13H9FN2O. The fourth-order valence-corrected chi connectivity index (χ4v) is 1.66. The molecule has 0 fully saturated rings. The minimum atomic E-state index is -0.283. The molecule has 84 valence electrons. The number of fused-ring (bicyclic) bond motifs is 1. The number of halogens is 1. The van der Waals surface area contributed by atoms with Crippen molar-refractivity contribution in [3.63, 3.8) is 0 Å². The summed E-state index contributed by atoms with van der Waals surface area (Å²) < 4.78 is 18.4. The summed E-state index contributed by atoms with van der Waals surface area (Å²) in [6.45, 7) is 0. The number of nitrogens with zero attached hydrogens (tertiary/aromatic N) is 1. The molecule has 0 aliphatic heterocycles. The molecule has 4 heteroatoms. The van der Waals surface area contributed by atoms with Crippen LogP contribution >= 0.6 is 0 Å². The van der Waals surface area contributed by atoms with E-state index in [4.69, 9.17) is 10.2 Å². The third-order valence-electron chi connectivity index (χ3n) is 2.50. The van der Waals surface area contributed by atoms with Crippen LogP contribution in [0, 0.1) is 5.82 Å². The SMILES string of the molecule is Nc1ccc2nc(-c3ccc(F)cc3)oc2c1. The number of hydrogen-bond acceptors (Lipinski definition) is 3. The van der Waals surface area contributed by atoms with Gasteiger partial charge in [-0.3, -0.25) is 0 Å². The smallest absolute Gasteiger partial charge is 0.227 e. The lowest BCUT2D eigenvalue weighted by Crippen LogP contribution is -1.81. The molecule has 0 atom stereocenters. The van der Waals surface area contributed by atoms with E-state index in [-0.39, 0.29) is 5.82 Å². The summed E-state index contributed by atoms with van der Waals surface area (Å²) in [7, 11) is 0. The van der Waals surface area contributed by atoms with Gasteiger partial charge in [0.1, 0.15) is 11.3 Å². The Morgan fingerprint density at radius 3 is 2.59 bits per heavy atom. The molecule has 2 N–H and O–H groups in total. The zero-order valence-corrected chi connectivity index (χ0v) is 8.85. The Labute approximate surface area is 96.7 Å². The molecule has 3 aromatic rings. The van der Waals surface area contributed by atoms with Crippen LogP contribution in [0.5, 0.6) is 0 Å². The topological polar surface area (TPSA) is 52.0 Å². The number of oxazole rings is 1. The van der Waals surface area contributed by atoms with E-state index >= 15 is 0 Å². The fraction of sp³-hybridized carbons (Fsp3) is 0. The Hall–Kier alpha value is -2.36. The summed E-state index contributed by atoms with van der Waals surface area (Å²) in [5, 5.41) is 0. The zero-order valence-electron chi connectivity index (χ0n) is 8.85. The van der Waals surface area contributed by atoms with E-state index in [2.05, 4.69) is 4.98 Å². The molecule has 3 nitrogen and oxygen atoms in total. The van der Waals surface area contributed by atoms with Gasteiger partial charge in [-0.05, 0) is 36.4 Å². The first-order valence-electron chi connectivity index (χ1n) is 5.14. The summed E-state index contributed by atoms with van der Waals surface area (Å²) in [4.78, 5) is 4.31. The van der Waals surface area contributed by atoms with E-state index in [1.165, 1.54) is 12.1 Å². The Kier molecular flexibility index (Phi) is 2.08. The van der Waals surface area contributed by atoms with Gasteiger partial charge in [0, 0.05) is 17.3 Å². The van der Waals surface area contributed by atoms with Gasteiger partial charge in [0.05, 0.1) is 0 Å². The first-order valence-corrected chi connectivity index (χ1v) is 5.14. The summed E-state index contributed by atoms with van der Waals surface area (Å²) in [6, 6.07) is 11.3. The Morgan fingerprint density at radius 1 is 1.06 bits per heavy atom. The largest absolute Gasteiger partial charge is 0.436 e. The van der Waals surface area contributed by atoms with Crippen LogP contribution in [0.2, 0.25) is 0 Å². The van der Waals surface area contributed by atoms with Crippen LogP contribution in [0.1, 0.15) is 0 Å². The second-order valence-corrected chi connectivity index (χ2v) is 3.75. The molecule has 2 aromatic carbocycles. The zero-order chi connectivity index (χ0) is 11.8. The Bertz CT molecular complexity index is 673. The number of anilines is 1. The van der Waals surface area contributed by atoms with Gasteiger partial charge < -0.3 is 10.2 Å². The maximum atomic E-state index is 12.8. The third kappa shape index (κ3) is 1.73. The number of rotatable bonds is 1. The lowest BCUT2D eigenvalue weighted by Gasteiger charge is -1.93. The van der Waals surface area contributed by atoms with Crippen molar-refractivity contribution >= 4 is 16.8 Å². The Morgan fingerprint density at radius 2 is 1.82 bits per heavy atom. The van der Waals surface area contributed by atoms with Crippen molar-refractivity contribution in [1.82, 2.24) is 4.98 Å². The van der Waals surface area contributed by atoms with Crippen molar-refractivity contribution in [3.05, 3.63) is 48.3 Å². The van der Waals surface area contributed by atoms with Crippen LogP contribution in [0.25, 0.3) is 22.6 Å². The lowest BCUT2D eigenvalue weighted by molar-refractivity contribution is 0.616. The third-order valence-corrected chi connectivity index (χ3v) is 2.50. The van der Waals surface area contributed by atoms with Crippen LogP contribution in [-0.2, 0) is 0 Å². The highest BCUT2D eigenvalue weighted by Crippen LogP contribution is 2.25. The molecule has 0 saturated heterocycles. The molecule has 0 amide bonds. The predicted molar refractivity (Wildman–Crippen MR) is 63.8 cm³/mol. The molecule has 1 heterocycles. The molecule has 0 spiro atoms. The molecule has 0 bridgehead atoms. The number of aromatic nitrogens is 1. The number of nitrogen functional groups attached to an aromatic ring is 1. The highest BCUT2D eigenvalue weighted by molar-refractivity contribution is 5.79. The van der Waals surface area contributed by atoms with Gasteiger partial charge in [0.15, 0.2) is 5.58 Å². The molecule has 17 heavy (non-hydrogen) atoms. The lowest BCUT2D eigenvalue weighted by atomic mass is 10.2. The van der Waals surface area contributed by atoms with Crippen LogP contribution in [0.3, 0.4) is 0 Å². The normalized spacial score (nSPS) is 10.9. The average molecular weight is 228 g/mol. The standard InChI is InChI=1S/C13H9FN2O/c14-9-3-1-8(2-4-9)13-16-11-6-5-10(15)7-12(11)17-13/h1-7H,15H2. The number of nitrogens with two attached hydrogens (primary N) is 1. The minimum Gasteiger partial charge on any atom is -0.436 e. The van der Waals surface area contributed by atoms with Gasteiger partial charge in [-0.1, -0.05) is 0 Å². The number of benzene rings is 2. The maximum absolute atomic E-state index is 12.8. The van der Waals surface area contributed by atoms with Crippen molar-refractivity contribution in [3.8, 4) is 11.5 Å². The van der Waals surface area contributed by atoms with E-state index in [1.807, 2.05) is 0 Å². The molecule has 3 rings (SSSR count). The van der Waals surface area contributed by atoms with Gasteiger partial charge in [0.2, 0.25) is 5.89 Å².